The molecular weight excluding hydrogens is 140 g/mol. The molecule has 3 nitrogen and oxygen atoms in total. The van der Waals surface area contributed by atoms with Gasteiger partial charge in [-0.25, -0.2) is 4.98 Å². The Morgan fingerprint density at radius 1 is 1.73 bits per heavy atom. The molecule has 3 heteroatoms. The number of H-pyrrole nitrogens is 1. The van der Waals surface area contributed by atoms with Gasteiger partial charge in [-0.3, -0.25) is 4.79 Å². The van der Waals surface area contributed by atoms with Crippen LogP contribution in [-0.4, -0.2) is 15.8 Å². The Kier molecular flexibility index (Phi) is 2.41. The van der Waals surface area contributed by atoms with Crippen molar-refractivity contribution in [3.05, 3.63) is 18.2 Å². The maximum atomic E-state index is 11.2. The molecule has 60 valence electrons. The van der Waals surface area contributed by atoms with Gasteiger partial charge in [-0.1, -0.05) is 13.8 Å². The van der Waals surface area contributed by atoms with Crippen LogP contribution in [0.25, 0.3) is 0 Å². The third kappa shape index (κ3) is 2.18. The number of carbonyl (C=O) groups excluding carboxylic acids is 1. The molecule has 0 aliphatic carbocycles. The Hall–Kier alpha value is -1.12. The average Bonchev–Trinajstić information content (AvgIpc) is 2.39. The van der Waals surface area contributed by atoms with Crippen LogP contribution in [0.3, 0.4) is 0 Å². The van der Waals surface area contributed by atoms with Crippen molar-refractivity contribution < 1.29 is 4.79 Å². The van der Waals surface area contributed by atoms with Gasteiger partial charge in [-0.15, -0.1) is 0 Å². The van der Waals surface area contributed by atoms with Gasteiger partial charge in [-0.05, 0) is 0 Å². The van der Waals surface area contributed by atoms with Gasteiger partial charge < -0.3 is 4.98 Å². The van der Waals surface area contributed by atoms with E-state index < -0.39 is 0 Å². The van der Waals surface area contributed by atoms with Crippen LogP contribution in [0, 0.1) is 5.92 Å². The molecule has 1 heterocycles. The molecule has 0 aliphatic rings. The summed E-state index contributed by atoms with van der Waals surface area (Å²) in [6.07, 6.45) is 3.74. The second kappa shape index (κ2) is 3.32. The van der Waals surface area contributed by atoms with E-state index in [1.165, 1.54) is 0 Å². The fraction of sp³-hybridized carbons (Fsp3) is 0.500. The van der Waals surface area contributed by atoms with E-state index in [0.717, 1.165) is 5.69 Å². The summed E-state index contributed by atoms with van der Waals surface area (Å²) in [6.45, 7) is 3.80. The zero-order chi connectivity index (χ0) is 8.27. The third-order valence-corrected chi connectivity index (χ3v) is 1.56. The van der Waals surface area contributed by atoms with Crippen molar-refractivity contribution in [3.63, 3.8) is 0 Å². The first-order chi connectivity index (χ1) is 5.20. The first-order valence-electron chi connectivity index (χ1n) is 3.70. The van der Waals surface area contributed by atoms with Crippen LogP contribution in [0.5, 0.6) is 0 Å². The fourth-order valence-electron chi connectivity index (χ4n) is 0.773. The van der Waals surface area contributed by atoms with Gasteiger partial charge in [0.1, 0.15) is 5.78 Å². The van der Waals surface area contributed by atoms with Crippen molar-refractivity contribution in [1.82, 2.24) is 9.97 Å². The Labute approximate surface area is 65.8 Å². The number of aromatic amines is 1. The van der Waals surface area contributed by atoms with E-state index in [-0.39, 0.29) is 11.7 Å². The predicted octanol–water partition coefficient (Wildman–Crippen LogP) is 1.18. The summed E-state index contributed by atoms with van der Waals surface area (Å²) in [4.78, 5) is 17.9. The number of imidazole rings is 1. The second-order valence-corrected chi connectivity index (χ2v) is 2.87. The lowest BCUT2D eigenvalue weighted by molar-refractivity contribution is -0.121. The molecular formula is C8H12N2O. The van der Waals surface area contributed by atoms with Crippen molar-refractivity contribution in [1.29, 1.82) is 0 Å². The summed E-state index contributed by atoms with van der Waals surface area (Å²) in [7, 11) is 0. The van der Waals surface area contributed by atoms with Gasteiger partial charge in [0.05, 0.1) is 6.33 Å². The number of ketones is 1. The first kappa shape index (κ1) is 7.98. The van der Waals surface area contributed by atoms with Crippen LogP contribution in [-0.2, 0) is 11.2 Å². The third-order valence-electron chi connectivity index (χ3n) is 1.56. The minimum Gasteiger partial charge on any atom is -0.348 e. The topological polar surface area (TPSA) is 45.8 Å². The average molecular weight is 152 g/mol. The van der Waals surface area contributed by atoms with Gasteiger partial charge in [0, 0.05) is 24.2 Å². The highest BCUT2D eigenvalue weighted by molar-refractivity contribution is 5.82. The minimum atomic E-state index is 0.110. The zero-order valence-electron chi connectivity index (χ0n) is 6.79. The van der Waals surface area contributed by atoms with Crippen LogP contribution in [0.4, 0.5) is 0 Å². The molecule has 0 atom stereocenters. The Balaban J connectivity index is 2.50. The minimum absolute atomic E-state index is 0.110. The normalized spacial score (nSPS) is 10.5. The van der Waals surface area contributed by atoms with Crippen LogP contribution >= 0.6 is 0 Å². The SMILES string of the molecule is CC(C)C(=O)Cc1cnc[nH]1. The summed E-state index contributed by atoms with van der Waals surface area (Å²) in [5, 5.41) is 0. The Morgan fingerprint density at radius 2 is 2.45 bits per heavy atom. The van der Waals surface area contributed by atoms with Gasteiger partial charge in [0.25, 0.3) is 0 Å². The zero-order valence-corrected chi connectivity index (χ0v) is 6.79. The first-order valence-corrected chi connectivity index (χ1v) is 3.70. The number of rotatable bonds is 3. The Bertz CT molecular complexity index is 226. The maximum absolute atomic E-state index is 11.2. The summed E-state index contributed by atoms with van der Waals surface area (Å²) in [6, 6.07) is 0. The molecule has 0 fully saturated rings. The van der Waals surface area contributed by atoms with Crippen molar-refractivity contribution in [2.24, 2.45) is 5.92 Å². The predicted molar refractivity (Wildman–Crippen MR) is 42.1 cm³/mol. The molecule has 0 radical (unpaired) electrons. The van der Waals surface area contributed by atoms with E-state index in [4.69, 9.17) is 0 Å². The van der Waals surface area contributed by atoms with E-state index >= 15 is 0 Å². The quantitative estimate of drug-likeness (QED) is 0.706. The lowest BCUT2D eigenvalue weighted by Crippen LogP contribution is -2.10. The monoisotopic (exact) mass is 152 g/mol. The molecule has 0 amide bonds. The number of hydrogen-bond acceptors (Lipinski definition) is 2. The molecule has 1 aromatic heterocycles. The standard InChI is InChI=1S/C8H12N2O/c1-6(2)8(11)3-7-4-9-5-10-7/h4-6H,3H2,1-2H3,(H,9,10). The largest absolute Gasteiger partial charge is 0.348 e. The molecule has 1 aromatic rings. The summed E-state index contributed by atoms with van der Waals surface area (Å²) in [5.41, 5.74) is 0.892. The number of nitrogens with one attached hydrogen (secondary N) is 1. The van der Waals surface area contributed by atoms with Crippen molar-refractivity contribution in [2.75, 3.05) is 0 Å². The molecule has 0 aliphatic heterocycles. The van der Waals surface area contributed by atoms with Crippen LogP contribution in [0.15, 0.2) is 12.5 Å². The van der Waals surface area contributed by atoms with Crippen LogP contribution < -0.4 is 0 Å². The molecule has 1 rings (SSSR count). The molecule has 1 N–H and O–H groups in total. The van der Waals surface area contributed by atoms with Gasteiger partial charge in [0.15, 0.2) is 0 Å². The smallest absolute Gasteiger partial charge is 0.141 e. The maximum Gasteiger partial charge on any atom is 0.141 e. The molecule has 0 aromatic carbocycles. The highest BCUT2D eigenvalue weighted by Crippen LogP contribution is 2.01. The van der Waals surface area contributed by atoms with E-state index in [9.17, 15) is 4.79 Å². The molecule has 0 saturated heterocycles. The van der Waals surface area contributed by atoms with Gasteiger partial charge >= 0.3 is 0 Å². The van der Waals surface area contributed by atoms with Gasteiger partial charge in [0.2, 0.25) is 0 Å². The summed E-state index contributed by atoms with van der Waals surface area (Å²) < 4.78 is 0. The Morgan fingerprint density at radius 3 is 2.91 bits per heavy atom. The number of hydrogen-bond donors (Lipinski definition) is 1. The van der Waals surface area contributed by atoms with E-state index in [2.05, 4.69) is 9.97 Å². The number of Topliss-reactive ketones (excluding diaryl/α,β-unsaturated/α-hetero) is 1. The molecule has 0 unspecified atom stereocenters. The lowest BCUT2D eigenvalue weighted by atomic mass is 10.1. The van der Waals surface area contributed by atoms with Gasteiger partial charge in [-0.2, -0.15) is 0 Å². The second-order valence-electron chi connectivity index (χ2n) is 2.87. The van der Waals surface area contributed by atoms with E-state index in [1.54, 1.807) is 12.5 Å². The van der Waals surface area contributed by atoms with Crippen molar-refractivity contribution in [3.8, 4) is 0 Å². The number of carbonyl (C=O) groups is 1. The lowest BCUT2D eigenvalue weighted by Gasteiger charge is -2.00. The summed E-state index contributed by atoms with van der Waals surface area (Å²) in [5.74, 6) is 0.354. The van der Waals surface area contributed by atoms with Crippen LogP contribution in [0.1, 0.15) is 19.5 Å². The molecule has 11 heavy (non-hydrogen) atoms. The van der Waals surface area contributed by atoms with Crippen LogP contribution in [0.2, 0.25) is 0 Å². The van der Waals surface area contributed by atoms with Crippen molar-refractivity contribution >= 4 is 5.78 Å². The number of nitrogens with zero attached hydrogens (tertiary/aromatic N) is 1. The summed E-state index contributed by atoms with van der Waals surface area (Å²) >= 11 is 0. The number of aromatic nitrogens is 2. The highest BCUT2D eigenvalue weighted by Gasteiger charge is 2.07. The molecule has 0 bridgehead atoms. The molecule has 0 spiro atoms. The highest BCUT2D eigenvalue weighted by atomic mass is 16.1. The van der Waals surface area contributed by atoms with E-state index in [0.29, 0.717) is 6.42 Å². The molecule has 0 saturated carbocycles. The fourth-order valence-corrected chi connectivity index (χ4v) is 0.773. The van der Waals surface area contributed by atoms with E-state index in [1.807, 2.05) is 13.8 Å². The van der Waals surface area contributed by atoms with Crippen molar-refractivity contribution in [2.45, 2.75) is 20.3 Å².